The van der Waals surface area contributed by atoms with E-state index >= 15 is 0 Å². The van der Waals surface area contributed by atoms with Gasteiger partial charge in [0.05, 0.1) is 10.3 Å². The van der Waals surface area contributed by atoms with Crippen LogP contribution in [0.15, 0.2) is 46.7 Å². The van der Waals surface area contributed by atoms with Gasteiger partial charge in [0.25, 0.3) is 10.0 Å². The van der Waals surface area contributed by atoms with Gasteiger partial charge in [0.2, 0.25) is 5.91 Å². The maximum atomic E-state index is 12.7. The number of sulfonamides is 1. The molecule has 2 aromatic rings. The van der Waals surface area contributed by atoms with Crippen LogP contribution < -0.4 is 5.32 Å². The van der Waals surface area contributed by atoms with Crippen molar-refractivity contribution >= 4 is 44.6 Å². The molecule has 1 unspecified atom stereocenters. The summed E-state index contributed by atoms with van der Waals surface area (Å²) in [4.78, 5) is 12.4. The topological polar surface area (TPSA) is 66.5 Å². The van der Waals surface area contributed by atoms with Crippen LogP contribution in [0.4, 0.5) is 5.69 Å². The Morgan fingerprint density at radius 3 is 2.62 bits per heavy atom. The van der Waals surface area contributed by atoms with E-state index in [0.717, 1.165) is 11.3 Å². The number of hydrogen-bond acceptors (Lipinski definition) is 4. The molecule has 0 radical (unpaired) electrons. The number of nitrogens with one attached hydrogen (secondary N) is 1. The number of carbonyl (C=O) groups is 1. The second kappa shape index (κ2) is 7.23. The molecule has 1 fully saturated rings. The molecule has 5 nitrogen and oxygen atoms in total. The van der Waals surface area contributed by atoms with E-state index in [1.807, 2.05) is 30.3 Å². The minimum atomic E-state index is -3.59. The lowest BCUT2D eigenvalue weighted by Crippen LogP contribution is -2.43. The van der Waals surface area contributed by atoms with Crippen molar-refractivity contribution in [2.75, 3.05) is 18.4 Å². The third-order valence-corrected chi connectivity index (χ3v) is 7.50. The average Bonchev–Trinajstić information content (AvgIpc) is 3.03. The zero-order valence-electron chi connectivity index (χ0n) is 12.8. The van der Waals surface area contributed by atoms with E-state index in [1.54, 1.807) is 6.07 Å². The molecule has 3 rings (SSSR count). The molecule has 1 saturated heterocycles. The standard InChI is InChI=1S/C16H17ClN2O3S2/c17-14-8-9-15(23-14)24(21,22)19-10-4-5-12(11-19)16(20)18-13-6-2-1-3-7-13/h1-3,6-9,12H,4-5,10-11H2,(H,18,20). The summed E-state index contributed by atoms with van der Waals surface area (Å²) in [5.74, 6) is -0.505. The molecule has 1 aliphatic rings. The fourth-order valence-corrected chi connectivity index (χ4v) is 5.87. The Balaban J connectivity index is 1.71. The van der Waals surface area contributed by atoms with Crippen molar-refractivity contribution in [3.05, 3.63) is 46.8 Å². The van der Waals surface area contributed by atoms with Crippen molar-refractivity contribution in [2.45, 2.75) is 17.1 Å². The first-order valence-electron chi connectivity index (χ1n) is 7.58. The van der Waals surface area contributed by atoms with Gasteiger partial charge in [0.15, 0.2) is 0 Å². The van der Waals surface area contributed by atoms with E-state index < -0.39 is 10.0 Å². The molecule has 1 N–H and O–H groups in total. The van der Waals surface area contributed by atoms with Gasteiger partial charge in [-0.15, -0.1) is 11.3 Å². The first-order chi connectivity index (χ1) is 11.5. The smallest absolute Gasteiger partial charge is 0.252 e. The number of halogens is 1. The van der Waals surface area contributed by atoms with Gasteiger partial charge in [-0.05, 0) is 37.1 Å². The molecule has 1 atom stereocenters. The maximum Gasteiger partial charge on any atom is 0.252 e. The lowest BCUT2D eigenvalue weighted by molar-refractivity contribution is -0.120. The summed E-state index contributed by atoms with van der Waals surface area (Å²) in [7, 11) is -3.59. The minimum absolute atomic E-state index is 0.148. The number of thiophene rings is 1. The number of amides is 1. The van der Waals surface area contributed by atoms with Crippen molar-refractivity contribution in [3.8, 4) is 0 Å². The van der Waals surface area contributed by atoms with Crippen molar-refractivity contribution in [2.24, 2.45) is 5.92 Å². The highest BCUT2D eigenvalue weighted by Gasteiger charge is 2.34. The lowest BCUT2D eigenvalue weighted by Gasteiger charge is -2.30. The van der Waals surface area contributed by atoms with Crippen molar-refractivity contribution < 1.29 is 13.2 Å². The molecule has 0 aliphatic carbocycles. The number of benzene rings is 1. The maximum absolute atomic E-state index is 12.7. The second-order valence-electron chi connectivity index (χ2n) is 5.62. The number of nitrogens with zero attached hydrogens (tertiary/aromatic N) is 1. The Bertz CT molecular complexity index is 821. The van der Waals surface area contributed by atoms with Crippen LogP contribution in [0.3, 0.4) is 0 Å². The van der Waals surface area contributed by atoms with Gasteiger partial charge in [0, 0.05) is 18.8 Å². The van der Waals surface area contributed by atoms with E-state index in [9.17, 15) is 13.2 Å². The molecule has 1 aromatic heterocycles. The normalized spacial score (nSPS) is 19.1. The molecule has 1 aliphatic heterocycles. The molecule has 1 amide bonds. The van der Waals surface area contributed by atoms with Crippen LogP contribution in [-0.2, 0) is 14.8 Å². The van der Waals surface area contributed by atoms with E-state index in [4.69, 9.17) is 11.6 Å². The lowest BCUT2D eigenvalue weighted by atomic mass is 9.99. The molecule has 0 saturated carbocycles. The zero-order chi connectivity index (χ0) is 17.2. The second-order valence-corrected chi connectivity index (χ2v) is 9.50. The van der Waals surface area contributed by atoms with Crippen LogP contribution in [0.25, 0.3) is 0 Å². The van der Waals surface area contributed by atoms with Crippen LogP contribution in [0.1, 0.15) is 12.8 Å². The molecule has 0 bridgehead atoms. The van der Waals surface area contributed by atoms with E-state index in [1.165, 1.54) is 10.4 Å². The molecular weight excluding hydrogens is 368 g/mol. The number of carbonyl (C=O) groups excluding carboxylic acids is 1. The van der Waals surface area contributed by atoms with Gasteiger partial charge in [-0.3, -0.25) is 4.79 Å². The first-order valence-corrected chi connectivity index (χ1v) is 10.2. The highest BCUT2D eigenvalue weighted by Crippen LogP contribution is 2.30. The van der Waals surface area contributed by atoms with Crippen LogP contribution in [0, 0.1) is 5.92 Å². The van der Waals surface area contributed by atoms with Gasteiger partial charge in [0.1, 0.15) is 4.21 Å². The number of para-hydroxylation sites is 1. The van der Waals surface area contributed by atoms with E-state index in [-0.39, 0.29) is 22.6 Å². The molecule has 128 valence electrons. The summed E-state index contributed by atoms with van der Waals surface area (Å²) in [6.45, 7) is 0.615. The van der Waals surface area contributed by atoms with Gasteiger partial charge in [-0.1, -0.05) is 29.8 Å². The van der Waals surface area contributed by atoms with Crippen LogP contribution >= 0.6 is 22.9 Å². The summed E-state index contributed by atoms with van der Waals surface area (Å²) in [6.07, 6.45) is 1.33. The van der Waals surface area contributed by atoms with Gasteiger partial charge in [-0.2, -0.15) is 4.31 Å². The fraction of sp³-hybridized carbons (Fsp3) is 0.312. The monoisotopic (exact) mass is 384 g/mol. The van der Waals surface area contributed by atoms with Crippen LogP contribution in [-0.4, -0.2) is 31.7 Å². The van der Waals surface area contributed by atoms with Crippen molar-refractivity contribution in [3.63, 3.8) is 0 Å². The predicted molar refractivity (Wildman–Crippen MR) is 95.9 cm³/mol. The van der Waals surface area contributed by atoms with E-state index in [2.05, 4.69) is 5.32 Å². The number of hydrogen-bond donors (Lipinski definition) is 1. The summed E-state index contributed by atoms with van der Waals surface area (Å²) in [5, 5.41) is 2.85. The van der Waals surface area contributed by atoms with Crippen LogP contribution in [0.5, 0.6) is 0 Å². The molecule has 1 aromatic carbocycles. The molecule has 8 heteroatoms. The number of piperidine rings is 1. The summed E-state index contributed by atoms with van der Waals surface area (Å²) < 4.78 is 27.4. The summed E-state index contributed by atoms with van der Waals surface area (Å²) in [5.41, 5.74) is 0.715. The molecule has 2 heterocycles. The first kappa shape index (κ1) is 17.4. The summed E-state index contributed by atoms with van der Waals surface area (Å²) >= 11 is 6.88. The SMILES string of the molecule is O=C(Nc1ccccc1)C1CCCN(S(=O)(=O)c2ccc(Cl)s2)C1. The Labute approximate surface area is 150 Å². The quantitative estimate of drug-likeness (QED) is 0.878. The van der Waals surface area contributed by atoms with Crippen molar-refractivity contribution in [1.82, 2.24) is 4.31 Å². The Morgan fingerprint density at radius 1 is 1.21 bits per heavy atom. The number of anilines is 1. The van der Waals surface area contributed by atoms with Gasteiger partial charge < -0.3 is 5.32 Å². The van der Waals surface area contributed by atoms with Crippen molar-refractivity contribution in [1.29, 1.82) is 0 Å². The zero-order valence-corrected chi connectivity index (χ0v) is 15.2. The Hall–Kier alpha value is -1.41. The highest BCUT2D eigenvalue weighted by molar-refractivity contribution is 7.91. The molecule has 0 spiro atoms. The predicted octanol–water partition coefficient (Wildman–Crippen LogP) is 3.44. The Morgan fingerprint density at radius 2 is 1.96 bits per heavy atom. The molecule has 24 heavy (non-hydrogen) atoms. The summed E-state index contributed by atoms with van der Waals surface area (Å²) in [6, 6.07) is 12.3. The molecular formula is C16H17ClN2O3S2. The fourth-order valence-electron chi connectivity index (χ4n) is 2.70. The number of rotatable bonds is 4. The van der Waals surface area contributed by atoms with E-state index in [0.29, 0.717) is 29.4 Å². The van der Waals surface area contributed by atoms with Crippen LogP contribution in [0.2, 0.25) is 4.34 Å². The Kier molecular flexibility index (Phi) is 5.24. The van der Waals surface area contributed by atoms with Gasteiger partial charge >= 0.3 is 0 Å². The minimum Gasteiger partial charge on any atom is -0.326 e. The third-order valence-electron chi connectivity index (χ3n) is 3.94. The largest absolute Gasteiger partial charge is 0.326 e. The third kappa shape index (κ3) is 3.80. The highest BCUT2D eigenvalue weighted by atomic mass is 35.5. The average molecular weight is 385 g/mol. The van der Waals surface area contributed by atoms with Gasteiger partial charge in [-0.25, -0.2) is 8.42 Å².